The average molecular weight is 457 g/mol. The zero-order valence-corrected chi connectivity index (χ0v) is 16.1. The van der Waals surface area contributed by atoms with E-state index in [9.17, 15) is 13.2 Å². The number of hydrogen-bond donors (Lipinski definition) is 1. The van der Waals surface area contributed by atoms with Crippen LogP contribution in [0.1, 0.15) is 10.4 Å². The van der Waals surface area contributed by atoms with Crippen molar-refractivity contribution in [3.8, 4) is 5.88 Å². The van der Waals surface area contributed by atoms with Crippen LogP contribution >= 0.6 is 27.5 Å². The number of carbonyl (C=O) groups is 1. The van der Waals surface area contributed by atoms with E-state index in [4.69, 9.17) is 22.1 Å². The van der Waals surface area contributed by atoms with Gasteiger partial charge in [0.2, 0.25) is 5.88 Å². The van der Waals surface area contributed by atoms with Gasteiger partial charge in [-0.1, -0.05) is 27.5 Å². The van der Waals surface area contributed by atoms with Crippen molar-refractivity contribution in [3.05, 3.63) is 69.7 Å². The maximum absolute atomic E-state index is 12.6. The molecule has 0 aliphatic carbocycles. The number of nitrogen functional groups attached to an aromatic ring is 1. The van der Waals surface area contributed by atoms with E-state index in [1.165, 1.54) is 36.4 Å². The second kappa shape index (κ2) is 7.10. The van der Waals surface area contributed by atoms with Crippen LogP contribution in [0.25, 0.3) is 0 Å². The van der Waals surface area contributed by atoms with E-state index in [0.717, 1.165) is 10.5 Å². The second-order valence-electron chi connectivity index (χ2n) is 5.11. The molecule has 3 rings (SSSR count). The highest BCUT2D eigenvalue weighted by Gasteiger charge is 2.23. The van der Waals surface area contributed by atoms with Gasteiger partial charge in [0.1, 0.15) is 5.82 Å². The molecule has 0 unspecified atom stereocenters. The molecule has 3 aromatic rings. The maximum atomic E-state index is 12.6. The number of benzene rings is 2. The number of rotatable bonds is 4. The molecule has 10 heteroatoms. The van der Waals surface area contributed by atoms with Crippen LogP contribution in [0.15, 0.2) is 64.0 Å². The summed E-state index contributed by atoms with van der Waals surface area (Å²) in [6.07, 6.45) is 0. The predicted molar refractivity (Wildman–Crippen MR) is 99.8 cm³/mol. The Morgan fingerprint density at radius 2 is 1.73 bits per heavy atom. The van der Waals surface area contributed by atoms with Crippen LogP contribution in [-0.4, -0.2) is 23.6 Å². The van der Waals surface area contributed by atoms with Gasteiger partial charge in [-0.15, -0.1) is 9.19 Å². The van der Waals surface area contributed by atoms with Crippen LogP contribution in [0.2, 0.25) is 5.02 Å². The van der Waals surface area contributed by atoms with Crippen molar-refractivity contribution in [1.82, 2.24) is 9.19 Å². The number of esters is 1. The number of nitrogens with zero attached hydrogens (tertiary/aromatic N) is 2. The third kappa shape index (κ3) is 3.74. The lowest BCUT2D eigenvalue weighted by molar-refractivity contribution is 0.0727. The Morgan fingerprint density at radius 3 is 2.35 bits per heavy atom. The first-order chi connectivity index (χ1) is 12.3. The number of aromatic nitrogens is 2. The lowest BCUT2D eigenvalue weighted by Gasteiger charge is -2.06. The monoisotopic (exact) mass is 455 g/mol. The predicted octanol–water partition coefficient (Wildman–Crippen LogP) is 3.34. The molecule has 0 fully saturated rings. The summed E-state index contributed by atoms with van der Waals surface area (Å²) in [7, 11) is -4.02. The molecule has 1 aromatic heterocycles. The zero-order valence-electron chi connectivity index (χ0n) is 13.0. The van der Waals surface area contributed by atoms with Crippen LogP contribution in [0.5, 0.6) is 5.88 Å². The molecule has 0 saturated heterocycles. The fourth-order valence-electron chi connectivity index (χ4n) is 2.05. The fraction of sp³-hybridized carbons (Fsp3) is 0. The smallest absolute Gasteiger partial charge is 0.344 e. The zero-order chi connectivity index (χ0) is 18.9. The van der Waals surface area contributed by atoms with Gasteiger partial charge in [-0.25, -0.2) is 4.79 Å². The summed E-state index contributed by atoms with van der Waals surface area (Å²) >= 11 is 9.00. The molecule has 2 aromatic carbocycles. The largest absolute Gasteiger partial charge is 0.402 e. The van der Waals surface area contributed by atoms with E-state index in [0.29, 0.717) is 9.11 Å². The fourth-order valence-corrected chi connectivity index (χ4v) is 3.63. The maximum Gasteiger partial charge on any atom is 0.344 e. The summed E-state index contributed by atoms with van der Waals surface area (Å²) < 4.78 is 31.7. The summed E-state index contributed by atoms with van der Waals surface area (Å²) in [4.78, 5) is 12.1. The SMILES string of the molecule is Nc1cc(OC(=O)c2ccc(Cl)cc2)nn1S(=O)(=O)c1ccc(Br)cc1. The standard InChI is InChI=1S/C16H11BrClN3O4S/c17-11-3-7-13(8-4-11)26(23,24)21-14(19)9-15(20-21)25-16(22)10-1-5-12(18)6-2-10/h1-9H,19H2. The van der Waals surface area contributed by atoms with Crippen molar-refractivity contribution in [2.75, 3.05) is 5.73 Å². The lowest BCUT2D eigenvalue weighted by Crippen LogP contribution is -2.17. The van der Waals surface area contributed by atoms with Gasteiger partial charge in [0.25, 0.3) is 10.0 Å². The molecule has 0 saturated carbocycles. The molecule has 0 atom stereocenters. The Hall–Kier alpha value is -2.36. The van der Waals surface area contributed by atoms with E-state index >= 15 is 0 Å². The number of nitrogens with two attached hydrogens (primary N) is 1. The van der Waals surface area contributed by atoms with Crippen LogP contribution in [-0.2, 0) is 10.0 Å². The molecular formula is C16H11BrClN3O4S. The van der Waals surface area contributed by atoms with Crippen molar-refractivity contribution >= 4 is 49.3 Å². The molecule has 0 amide bonds. The van der Waals surface area contributed by atoms with E-state index in [1.807, 2.05) is 0 Å². The summed E-state index contributed by atoms with van der Waals surface area (Å²) in [6.45, 7) is 0. The number of carbonyl (C=O) groups excluding carboxylic acids is 1. The molecule has 26 heavy (non-hydrogen) atoms. The van der Waals surface area contributed by atoms with E-state index in [2.05, 4.69) is 21.0 Å². The number of anilines is 1. The highest BCUT2D eigenvalue weighted by atomic mass is 79.9. The molecule has 0 bridgehead atoms. The van der Waals surface area contributed by atoms with E-state index < -0.39 is 16.0 Å². The Balaban J connectivity index is 1.88. The van der Waals surface area contributed by atoms with E-state index in [-0.39, 0.29) is 22.2 Å². The molecule has 1 heterocycles. The minimum Gasteiger partial charge on any atom is -0.402 e. The summed E-state index contributed by atoms with van der Waals surface area (Å²) in [5, 5.41) is 4.25. The third-order valence-electron chi connectivity index (χ3n) is 3.30. The van der Waals surface area contributed by atoms with Gasteiger partial charge in [0.15, 0.2) is 0 Å². The number of ether oxygens (including phenoxy) is 1. The molecule has 2 N–H and O–H groups in total. The van der Waals surface area contributed by atoms with Gasteiger partial charge in [-0.3, -0.25) is 0 Å². The highest BCUT2D eigenvalue weighted by molar-refractivity contribution is 9.10. The first-order valence-electron chi connectivity index (χ1n) is 7.12. The summed E-state index contributed by atoms with van der Waals surface area (Å²) in [5.41, 5.74) is 5.97. The minimum absolute atomic E-state index is 0.00826. The molecule has 134 valence electrons. The summed E-state index contributed by atoms with van der Waals surface area (Å²) in [6, 6.07) is 13.1. The van der Waals surface area contributed by atoms with Gasteiger partial charge < -0.3 is 10.5 Å². The molecular weight excluding hydrogens is 446 g/mol. The highest BCUT2D eigenvalue weighted by Crippen LogP contribution is 2.23. The molecule has 0 radical (unpaired) electrons. The Labute approximate surface area is 162 Å². The molecule has 7 nitrogen and oxygen atoms in total. The van der Waals surface area contributed by atoms with Gasteiger partial charge in [0.05, 0.1) is 10.5 Å². The Morgan fingerprint density at radius 1 is 1.12 bits per heavy atom. The van der Waals surface area contributed by atoms with Crippen LogP contribution in [0.3, 0.4) is 0 Å². The van der Waals surface area contributed by atoms with Gasteiger partial charge in [-0.05, 0) is 48.5 Å². The summed E-state index contributed by atoms with van der Waals surface area (Å²) in [5.74, 6) is -1.14. The number of hydrogen-bond acceptors (Lipinski definition) is 6. The molecule has 0 aliphatic rings. The molecule has 0 aliphatic heterocycles. The minimum atomic E-state index is -4.02. The van der Waals surface area contributed by atoms with Crippen LogP contribution < -0.4 is 10.5 Å². The first kappa shape index (κ1) is 18.4. The molecule has 0 spiro atoms. The quantitative estimate of drug-likeness (QED) is 0.604. The van der Waals surface area contributed by atoms with Crippen molar-refractivity contribution in [2.45, 2.75) is 4.90 Å². The third-order valence-corrected chi connectivity index (χ3v) is 5.69. The van der Waals surface area contributed by atoms with E-state index in [1.54, 1.807) is 12.1 Å². The van der Waals surface area contributed by atoms with Crippen LogP contribution in [0, 0.1) is 0 Å². The normalized spacial score (nSPS) is 11.3. The van der Waals surface area contributed by atoms with Crippen molar-refractivity contribution in [2.24, 2.45) is 0 Å². The average Bonchev–Trinajstić information content (AvgIpc) is 2.97. The lowest BCUT2D eigenvalue weighted by atomic mass is 10.2. The van der Waals surface area contributed by atoms with Crippen LogP contribution in [0.4, 0.5) is 5.82 Å². The topological polar surface area (TPSA) is 104 Å². The van der Waals surface area contributed by atoms with Crippen molar-refractivity contribution < 1.29 is 17.9 Å². The second-order valence-corrected chi connectivity index (χ2v) is 8.23. The van der Waals surface area contributed by atoms with Gasteiger partial charge in [0, 0.05) is 15.6 Å². The Bertz CT molecular complexity index is 1060. The van der Waals surface area contributed by atoms with Gasteiger partial charge in [-0.2, -0.15) is 8.42 Å². The Kier molecular flexibility index (Phi) is 5.03. The number of halogens is 2. The first-order valence-corrected chi connectivity index (χ1v) is 9.73. The van der Waals surface area contributed by atoms with Crippen molar-refractivity contribution in [1.29, 1.82) is 0 Å². The van der Waals surface area contributed by atoms with Gasteiger partial charge >= 0.3 is 5.97 Å². The van der Waals surface area contributed by atoms with Crippen molar-refractivity contribution in [3.63, 3.8) is 0 Å².